The van der Waals surface area contributed by atoms with Crippen molar-refractivity contribution in [1.29, 1.82) is 0 Å². The largest absolute Gasteiger partial charge is 0.506 e. The van der Waals surface area contributed by atoms with E-state index in [4.69, 9.17) is 5.73 Å². The van der Waals surface area contributed by atoms with Crippen LogP contribution >= 0.6 is 44.3 Å². The zero-order chi connectivity index (χ0) is 8.43. The Balaban J connectivity index is 0.00000121. The molecule has 0 saturated heterocycles. The Morgan fingerprint density at radius 2 is 1.67 bits per heavy atom. The Hall–Kier alpha value is 0.230. The van der Waals surface area contributed by atoms with Gasteiger partial charge in [0.15, 0.2) is 0 Å². The van der Waals surface area contributed by atoms with Crippen molar-refractivity contribution >= 4 is 44.3 Å². The minimum atomic E-state index is 0. The Morgan fingerprint density at radius 1 is 1.25 bits per heavy atom. The fourth-order valence-electron chi connectivity index (χ4n) is 0.736. The topological polar surface area (TPSA) is 46.2 Å². The molecule has 2 nitrogen and oxygen atoms in total. The summed E-state index contributed by atoms with van der Waals surface area (Å²) in [4.78, 5) is 0. The number of rotatable bonds is 1. The molecule has 3 N–H and O–H groups in total. The summed E-state index contributed by atoms with van der Waals surface area (Å²) in [6.45, 7) is 0.470. The van der Waals surface area contributed by atoms with E-state index in [2.05, 4.69) is 31.9 Å². The molecule has 0 aliphatic carbocycles. The van der Waals surface area contributed by atoms with Gasteiger partial charge in [0.2, 0.25) is 0 Å². The molecule has 5 heteroatoms. The van der Waals surface area contributed by atoms with E-state index in [-0.39, 0.29) is 18.2 Å². The summed E-state index contributed by atoms with van der Waals surface area (Å²) >= 11 is 6.40. The maximum absolute atomic E-state index is 9.29. The minimum absolute atomic E-state index is 0. The van der Waals surface area contributed by atoms with Gasteiger partial charge in [-0.3, -0.25) is 0 Å². The lowest BCUT2D eigenvalue weighted by molar-refractivity contribution is 0.468. The number of benzene rings is 1. The van der Waals surface area contributed by atoms with Crippen molar-refractivity contribution in [3.05, 3.63) is 26.6 Å². The molecule has 0 radical (unpaired) electrons. The third-order valence-electron chi connectivity index (χ3n) is 1.31. The fraction of sp³-hybridized carbons (Fsp3) is 0.143. The molecule has 0 unspecified atom stereocenters. The molecule has 0 aliphatic rings. The minimum Gasteiger partial charge on any atom is -0.506 e. The number of hydrogen-bond acceptors (Lipinski definition) is 2. The predicted molar refractivity (Wildman–Crippen MR) is 58.6 cm³/mol. The molecule has 12 heavy (non-hydrogen) atoms. The van der Waals surface area contributed by atoms with Gasteiger partial charge < -0.3 is 10.8 Å². The quantitative estimate of drug-likeness (QED) is 0.837. The van der Waals surface area contributed by atoms with Crippen molar-refractivity contribution in [3.8, 4) is 5.75 Å². The standard InChI is InChI=1S/C7H7Br2NO.ClH/c8-5-1-4(3-10)2-6(9)7(5)11;/h1-2,11H,3,10H2;1H. The Morgan fingerprint density at radius 3 is 2.00 bits per heavy atom. The average Bonchev–Trinajstić information content (AvgIpc) is 1.99. The first-order chi connectivity index (χ1) is 5.15. The summed E-state index contributed by atoms with van der Waals surface area (Å²) in [5.41, 5.74) is 6.39. The molecular weight excluding hydrogens is 309 g/mol. The van der Waals surface area contributed by atoms with E-state index in [1.165, 1.54) is 0 Å². The second-order valence-corrected chi connectivity index (χ2v) is 3.82. The Bertz CT molecular complexity index is 257. The van der Waals surface area contributed by atoms with E-state index in [1.807, 2.05) is 0 Å². The highest BCUT2D eigenvalue weighted by Crippen LogP contribution is 2.32. The first-order valence-electron chi connectivity index (χ1n) is 3.02. The number of hydrogen-bond donors (Lipinski definition) is 2. The third kappa shape index (κ3) is 2.62. The van der Waals surface area contributed by atoms with Crippen LogP contribution in [0.3, 0.4) is 0 Å². The van der Waals surface area contributed by atoms with Gasteiger partial charge in [0, 0.05) is 6.54 Å². The van der Waals surface area contributed by atoms with Crippen LogP contribution in [0, 0.1) is 0 Å². The lowest BCUT2D eigenvalue weighted by Gasteiger charge is -2.02. The zero-order valence-corrected chi connectivity index (χ0v) is 10.0. The highest BCUT2D eigenvalue weighted by Gasteiger charge is 2.03. The Kier molecular flexibility index (Phi) is 5.16. The monoisotopic (exact) mass is 315 g/mol. The van der Waals surface area contributed by atoms with Crippen molar-refractivity contribution in [3.63, 3.8) is 0 Å². The van der Waals surface area contributed by atoms with Gasteiger partial charge >= 0.3 is 0 Å². The van der Waals surface area contributed by atoms with Crippen molar-refractivity contribution in [1.82, 2.24) is 0 Å². The van der Waals surface area contributed by atoms with Crippen LogP contribution in [0.15, 0.2) is 21.1 Å². The van der Waals surface area contributed by atoms with Crippen molar-refractivity contribution < 1.29 is 5.11 Å². The highest BCUT2D eigenvalue weighted by molar-refractivity contribution is 9.11. The number of phenols is 1. The van der Waals surface area contributed by atoms with E-state index in [1.54, 1.807) is 12.1 Å². The van der Waals surface area contributed by atoms with Crippen LogP contribution in [-0.4, -0.2) is 5.11 Å². The molecule has 0 spiro atoms. The van der Waals surface area contributed by atoms with Gasteiger partial charge in [0.25, 0.3) is 0 Å². The van der Waals surface area contributed by atoms with E-state index in [0.717, 1.165) is 5.56 Å². The van der Waals surface area contributed by atoms with E-state index in [0.29, 0.717) is 15.5 Å². The fourth-order valence-corrected chi connectivity index (χ4v) is 2.02. The summed E-state index contributed by atoms with van der Waals surface area (Å²) < 4.78 is 1.32. The van der Waals surface area contributed by atoms with Crippen molar-refractivity contribution in [2.75, 3.05) is 0 Å². The van der Waals surface area contributed by atoms with Crippen LogP contribution in [0.1, 0.15) is 5.56 Å². The zero-order valence-electron chi connectivity index (χ0n) is 6.05. The summed E-state index contributed by atoms with van der Waals surface area (Å²) in [5.74, 6) is 0.210. The smallest absolute Gasteiger partial charge is 0.143 e. The maximum Gasteiger partial charge on any atom is 0.143 e. The lowest BCUT2D eigenvalue weighted by atomic mass is 10.2. The summed E-state index contributed by atoms with van der Waals surface area (Å²) in [5, 5.41) is 9.29. The van der Waals surface area contributed by atoms with Crippen LogP contribution in [0.5, 0.6) is 5.75 Å². The second kappa shape index (κ2) is 5.07. The molecular formula is C7H8Br2ClNO. The molecule has 0 fully saturated rings. The van der Waals surface area contributed by atoms with Crippen LogP contribution in [0.25, 0.3) is 0 Å². The number of aromatic hydroxyl groups is 1. The first kappa shape index (κ1) is 12.2. The molecule has 0 atom stereocenters. The first-order valence-corrected chi connectivity index (χ1v) is 4.60. The van der Waals surface area contributed by atoms with Gasteiger partial charge in [0.05, 0.1) is 8.95 Å². The molecule has 0 saturated carbocycles. The van der Waals surface area contributed by atoms with E-state index in [9.17, 15) is 5.11 Å². The van der Waals surface area contributed by atoms with Crippen molar-refractivity contribution in [2.45, 2.75) is 6.54 Å². The number of halogens is 3. The highest BCUT2D eigenvalue weighted by atomic mass is 79.9. The predicted octanol–water partition coefficient (Wildman–Crippen LogP) is 2.80. The average molecular weight is 317 g/mol. The van der Waals surface area contributed by atoms with Gasteiger partial charge in [-0.2, -0.15) is 0 Å². The molecule has 0 aliphatic heterocycles. The van der Waals surface area contributed by atoms with Gasteiger partial charge in [0.1, 0.15) is 5.75 Å². The lowest BCUT2D eigenvalue weighted by Crippen LogP contribution is -1.95. The van der Waals surface area contributed by atoms with Gasteiger partial charge in [-0.1, -0.05) is 0 Å². The Labute approximate surface area is 93.8 Å². The molecule has 0 bridgehead atoms. The summed E-state index contributed by atoms with van der Waals surface area (Å²) in [6, 6.07) is 3.58. The SMILES string of the molecule is Cl.NCc1cc(Br)c(O)c(Br)c1. The molecule has 0 aromatic heterocycles. The summed E-state index contributed by atoms with van der Waals surface area (Å²) in [6.07, 6.45) is 0. The van der Waals surface area contributed by atoms with Gasteiger partial charge in [-0.25, -0.2) is 0 Å². The molecule has 0 heterocycles. The van der Waals surface area contributed by atoms with Crippen LogP contribution in [0.4, 0.5) is 0 Å². The van der Waals surface area contributed by atoms with Crippen molar-refractivity contribution in [2.24, 2.45) is 5.73 Å². The molecule has 1 aromatic rings. The normalized spacial score (nSPS) is 9.25. The van der Waals surface area contributed by atoms with Crippen LogP contribution < -0.4 is 5.73 Å². The van der Waals surface area contributed by atoms with E-state index >= 15 is 0 Å². The summed E-state index contributed by atoms with van der Waals surface area (Å²) in [7, 11) is 0. The molecule has 1 aromatic carbocycles. The van der Waals surface area contributed by atoms with Gasteiger partial charge in [-0.05, 0) is 49.6 Å². The van der Waals surface area contributed by atoms with Gasteiger partial charge in [-0.15, -0.1) is 12.4 Å². The van der Waals surface area contributed by atoms with Crippen LogP contribution in [-0.2, 0) is 6.54 Å². The second-order valence-electron chi connectivity index (χ2n) is 2.11. The molecule has 68 valence electrons. The molecule has 0 amide bonds. The maximum atomic E-state index is 9.29. The number of phenolic OH excluding ortho intramolecular Hbond substituents is 1. The van der Waals surface area contributed by atoms with Crippen LogP contribution in [0.2, 0.25) is 0 Å². The third-order valence-corrected chi connectivity index (χ3v) is 2.52. The van der Waals surface area contributed by atoms with E-state index < -0.39 is 0 Å². The number of nitrogens with two attached hydrogens (primary N) is 1. The molecule has 1 rings (SSSR count).